The molecule has 0 atom stereocenters. The lowest BCUT2D eigenvalue weighted by molar-refractivity contribution is -0.133. The topological polar surface area (TPSA) is 64.4 Å². The zero-order valence-corrected chi connectivity index (χ0v) is 11.3. The smallest absolute Gasteiger partial charge is 0.313 e. The van der Waals surface area contributed by atoms with Gasteiger partial charge >= 0.3 is 5.97 Å². The molecular formula is C13H14N2O3S. The van der Waals surface area contributed by atoms with E-state index in [0.717, 1.165) is 11.3 Å². The Kier molecular flexibility index (Phi) is 4.46. The van der Waals surface area contributed by atoms with Crippen LogP contribution in [0.1, 0.15) is 5.56 Å². The van der Waals surface area contributed by atoms with Crippen LogP contribution in [0.25, 0.3) is 0 Å². The summed E-state index contributed by atoms with van der Waals surface area (Å²) in [6, 6.07) is 7.76. The fraction of sp³-hybridized carbons (Fsp3) is 0.231. The highest BCUT2D eigenvalue weighted by Gasteiger charge is 2.07. The highest BCUT2D eigenvalue weighted by molar-refractivity contribution is 7.99. The molecule has 0 unspecified atom stereocenters. The van der Waals surface area contributed by atoms with E-state index < -0.39 is 5.97 Å². The summed E-state index contributed by atoms with van der Waals surface area (Å²) in [6.07, 6.45) is 3.51. The standard InChI is InChI=1S/C13H14N2O3S/c1-18-11-4-2-3-10(7-11)8-15-6-5-14-13(15)19-9-12(16)17/h2-7H,8-9H2,1H3,(H,16,17). The van der Waals surface area contributed by atoms with Crippen molar-refractivity contribution in [2.24, 2.45) is 0 Å². The van der Waals surface area contributed by atoms with Gasteiger partial charge in [0.25, 0.3) is 0 Å². The van der Waals surface area contributed by atoms with Crippen molar-refractivity contribution >= 4 is 17.7 Å². The van der Waals surface area contributed by atoms with E-state index in [1.54, 1.807) is 13.3 Å². The fourth-order valence-electron chi connectivity index (χ4n) is 1.65. The summed E-state index contributed by atoms with van der Waals surface area (Å²) < 4.78 is 7.09. The molecule has 100 valence electrons. The normalized spacial score (nSPS) is 10.4. The van der Waals surface area contributed by atoms with Crippen LogP contribution in [0, 0.1) is 0 Å². The van der Waals surface area contributed by atoms with Crippen LogP contribution in [0.3, 0.4) is 0 Å². The molecule has 1 heterocycles. The third-order valence-electron chi connectivity index (χ3n) is 2.49. The first-order chi connectivity index (χ1) is 9.19. The Labute approximate surface area is 115 Å². The molecule has 0 aliphatic carbocycles. The fourth-order valence-corrected chi connectivity index (χ4v) is 2.33. The Morgan fingerprint density at radius 2 is 2.37 bits per heavy atom. The number of ether oxygens (including phenoxy) is 1. The molecule has 0 spiro atoms. The van der Waals surface area contributed by atoms with Crippen LogP contribution in [0.5, 0.6) is 5.75 Å². The van der Waals surface area contributed by atoms with E-state index in [0.29, 0.717) is 11.7 Å². The molecule has 0 saturated carbocycles. The number of nitrogens with zero attached hydrogens (tertiary/aromatic N) is 2. The molecule has 0 saturated heterocycles. The summed E-state index contributed by atoms with van der Waals surface area (Å²) in [5, 5.41) is 9.39. The van der Waals surface area contributed by atoms with E-state index in [-0.39, 0.29) is 5.75 Å². The van der Waals surface area contributed by atoms with Crippen LogP contribution in [-0.2, 0) is 11.3 Å². The van der Waals surface area contributed by atoms with Crippen LogP contribution < -0.4 is 4.74 Å². The van der Waals surface area contributed by atoms with Crippen molar-refractivity contribution in [2.45, 2.75) is 11.7 Å². The van der Waals surface area contributed by atoms with Gasteiger partial charge < -0.3 is 14.4 Å². The van der Waals surface area contributed by atoms with Crippen molar-refractivity contribution in [3.63, 3.8) is 0 Å². The van der Waals surface area contributed by atoms with Gasteiger partial charge in [0.2, 0.25) is 0 Å². The number of aromatic nitrogens is 2. The lowest BCUT2D eigenvalue weighted by atomic mass is 10.2. The average Bonchev–Trinajstić information content (AvgIpc) is 2.84. The van der Waals surface area contributed by atoms with Crippen molar-refractivity contribution in [3.8, 4) is 5.75 Å². The van der Waals surface area contributed by atoms with E-state index in [4.69, 9.17) is 9.84 Å². The first kappa shape index (κ1) is 13.5. The number of methoxy groups -OCH3 is 1. The molecule has 0 aliphatic rings. The molecule has 0 bridgehead atoms. The molecule has 6 heteroatoms. The average molecular weight is 278 g/mol. The molecular weight excluding hydrogens is 264 g/mol. The maximum absolute atomic E-state index is 10.6. The quantitative estimate of drug-likeness (QED) is 0.820. The van der Waals surface area contributed by atoms with Gasteiger partial charge in [0.15, 0.2) is 5.16 Å². The van der Waals surface area contributed by atoms with Crippen molar-refractivity contribution < 1.29 is 14.6 Å². The van der Waals surface area contributed by atoms with Gasteiger partial charge in [0, 0.05) is 18.9 Å². The Morgan fingerprint density at radius 1 is 1.53 bits per heavy atom. The van der Waals surface area contributed by atoms with E-state index in [1.807, 2.05) is 35.0 Å². The second kappa shape index (κ2) is 6.29. The Balaban J connectivity index is 2.10. The summed E-state index contributed by atoms with van der Waals surface area (Å²) in [5.74, 6) is -0.0342. The van der Waals surface area contributed by atoms with Gasteiger partial charge in [0.05, 0.1) is 12.9 Å². The van der Waals surface area contributed by atoms with E-state index in [9.17, 15) is 4.79 Å². The molecule has 1 aromatic heterocycles. The zero-order valence-electron chi connectivity index (χ0n) is 10.4. The molecule has 0 aliphatic heterocycles. The monoisotopic (exact) mass is 278 g/mol. The number of hydrogen-bond acceptors (Lipinski definition) is 4. The first-order valence-electron chi connectivity index (χ1n) is 5.67. The minimum Gasteiger partial charge on any atom is -0.497 e. The number of hydrogen-bond donors (Lipinski definition) is 1. The predicted molar refractivity (Wildman–Crippen MR) is 72.7 cm³/mol. The van der Waals surface area contributed by atoms with Crippen molar-refractivity contribution in [2.75, 3.05) is 12.9 Å². The SMILES string of the molecule is COc1cccc(Cn2ccnc2SCC(=O)O)c1. The molecule has 0 amide bonds. The number of imidazole rings is 1. The summed E-state index contributed by atoms with van der Waals surface area (Å²) in [4.78, 5) is 14.7. The van der Waals surface area contributed by atoms with Crippen LogP contribution in [0.15, 0.2) is 41.8 Å². The maximum atomic E-state index is 10.6. The largest absolute Gasteiger partial charge is 0.497 e. The van der Waals surface area contributed by atoms with Gasteiger partial charge in [-0.3, -0.25) is 4.79 Å². The summed E-state index contributed by atoms with van der Waals surface area (Å²) >= 11 is 1.21. The second-order valence-corrected chi connectivity index (χ2v) is 4.81. The molecule has 1 aromatic carbocycles. The Hall–Kier alpha value is -1.95. The molecule has 0 radical (unpaired) electrons. The van der Waals surface area contributed by atoms with Gasteiger partial charge in [-0.25, -0.2) is 4.98 Å². The van der Waals surface area contributed by atoms with E-state index in [1.165, 1.54) is 11.8 Å². The molecule has 1 N–H and O–H groups in total. The van der Waals surface area contributed by atoms with E-state index in [2.05, 4.69) is 4.98 Å². The summed E-state index contributed by atoms with van der Waals surface area (Å²) in [7, 11) is 1.63. The highest BCUT2D eigenvalue weighted by atomic mass is 32.2. The number of benzene rings is 1. The number of thioether (sulfide) groups is 1. The number of rotatable bonds is 6. The summed E-state index contributed by atoms with van der Waals surface area (Å²) in [5.41, 5.74) is 1.08. The predicted octanol–water partition coefficient (Wildman–Crippen LogP) is 2.12. The number of carboxylic acids is 1. The number of carbonyl (C=O) groups is 1. The lowest BCUT2D eigenvalue weighted by Gasteiger charge is -2.08. The van der Waals surface area contributed by atoms with Gasteiger partial charge in [-0.2, -0.15) is 0 Å². The molecule has 2 aromatic rings. The van der Waals surface area contributed by atoms with Gasteiger partial charge in [-0.05, 0) is 17.7 Å². The maximum Gasteiger partial charge on any atom is 0.313 e. The van der Waals surface area contributed by atoms with Crippen LogP contribution in [0.4, 0.5) is 0 Å². The van der Waals surface area contributed by atoms with Gasteiger partial charge in [0.1, 0.15) is 5.75 Å². The molecule has 5 nitrogen and oxygen atoms in total. The third-order valence-corrected chi connectivity index (χ3v) is 3.48. The molecule has 19 heavy (non-hydrogen) atoms. The Morgan fingerprint density at radius 3 is 3.11 bits per heavy atom. The van der Waals surface area contributed by atoms with Crippen molar-refractivity contribution in [3.05, 3.63) is 42.2 Å². The van der Waals surface area contributed by atoms with Crippen LogP contribution >= 0.6 is 11.8 Å². The summed E-state index contributed by atoms with van der Waals surface area (Å²) in [6.45, 7) is 0.638. The first-order valence-corrected chi connectivity index (χ1v) is 6.66. The Bertz CT molecular complexity index is 569. The number of aliphatic carboxylic acids is 1. The number of carboxylic acid groups (broad SMARTS) is 1. The minimum atomic E-state index is -0.846. The second-order valence-electron chi connectivity index (χ2n) is 3.87. The molecule has 2 rings (SSSR count). The van der Waals surface area contributed by atoms with Crippen molar-refractivity contribution in [1.82, 2.24) is 9.55 Å². The van der Waals surface area contributed by atoms with Crippen LogP contribution in [-0.4, -0.2) is 33.5 Å². The highest BCUT2D eigenvalue weighted by Crippen LogP contribution is 2.19. The molecule has 0 fully saturated rings. The van der Waals surface area contributed by atoms with Crippen molar-refractivity contribution in [1.29, 1.82) is 0 Å². The van der Waals surface area contributed by atoms with E-state index >= 15 is 0 Å². The minimum absolute atomic E-state index is 0.00905. The zero-order chi connectivity index (χ0) is 13.7. The third kappa shape index (κ3) is 3.75. The lowest BCUT2D eigenvalue weighted by Crippen LogP contribution is -2.03. The van der Waals surface area contributed by atoms with Gasteiger partial charge in [-0.15, -0.1) is 0 Å². The van der Waals surface area contributed by atoms with Gasteiger partial charge in [-0.1, -0.05) is 23.9 Å². The van der Waals surface area contributed by atoms with Crippen LogP contribution in [0.2, 0.25) is 0 Å².